The van der Waals surface area contributed by atoms with E-state index in [9.17, 15) is 19.5 Å². The molecule has 1 N–H and O–H groups in total. The van der Waals surface area contributed by atoms with E-state index in [1.807, 2.05) is 13.8 Å². The summed E-state index contributed by atoms with van der Waals surface area (Å²) in [5, 5.41) is 9.94. The van der Waals surface area contributed by atoms with Gasteiger partial charge in [0, 0.05) is 24.2 Å². The van der Waals surface area contributed by atoms with Gasteiger partial charge in [-0.05, 0) is 52.0 Å². The SMILES string of the molecule is Cc1cc(=O)oc2c3c(cc(OCC(=O)N4CCC[C@H]4C(=O)O)c12)OC(C)(C)CC3. The number of benzene rings is 1. The van der Waals surface area contributed by atoms with Gasteiger partial charge in [0.1, 0.15) is 28.7 Å². The average Bonchev–Trinajstić information content (AvgIpc) is 3.14. The van der Waals surface area contributed by atoms with Gasteiger partial charge in [-0.2, -0.15) is 0 Å². The van der Waals surface area contributed by atoms with E-state index < -0.39 is 17.6 Å². The molecule has 160 valence electrons. The zero-order valence-electron chi connectivity index (χ0n) is 17.3. The average molecular weight is 415 g/mol. The fourth-order valence-corrected chi connectivity index (χ4v) is 4.28. The Morgan fingerprint density at radius 2 is 2.10 bits per heavy atom. The molecule has 0 radical (unpaired) electrons. The van der Waals surface area contributed by atoms with E-state index in [1.54, 1.807) is 13.0 Å². The summed E-state index contributed by atoms with van der Waals surface area (Å²) in [6.07, 6.45) is 2.56. The molecule has 0 saturated carbocycles. The van der Waals surface area contributed by atoms with Crippen molar-refractivity contribution in [2.75, 3.05) is 13.2 Å². The van der Waals surface area contributed by atoms with Crippen molar-refractivity contribution in [3.63, 3.8) is 0 Å². The topological polar surface area (TPSA) is 106 Å². The van der Waals surface area contributed by atoms with Crippen molar-refractivity contribution in [1.29, 1.82) is 0 Å². The molecular weight excluding hydrogens is 390 g/mol. The number of aryl methyl sites for hydroxylation is 2. The van der Waals surface area contributed by atoms with Gasteiger partial charge in [0.05, 0.1) is 5.39 Å². The van der Waals surface area contributed by atoms with Crippen LogP contribution in [0.15, 0.2) is 21.3 Å². The lowest BCUT2D eigenvalue weighted by Gasteiger charge is -2.33. The van der Waals surface area contributed by atoms with Crippen LogP contribution < -0.4 is 15.1 Å². The van der Waals surface area contributed by atoms with E-state index in [0.29, 0.717) is 53.8 Å². The van der Waals surface area contributed by atoms with Gasteiger partial charge in [0.15, 0.2) is 6.61 Å². The molecule has 0 unspecified atom stereocenters. The minimum Gasteiger partial charge on any atom is -0.487 e. The second-order valence-electron chi connectivity index (χ2n) is 8.54. The van der Waals surface area contributed by atoms with Crippen molar-refractivity contribution in [2.45, 2.75) is 58.1 Å². The summed E-state index contributed by atoms with van der Waals surface area (Å²) in [7, 11) is 0. The number of fused-ring (bicyclic) bond motifs is 3. The third kappa shape index (κ3) is 3.62. The number of ether oxygens (including phenoxy) is 2. The lowest BCUT2D eigenvalue weighted by molar-refractivity contribution is -0.148. The van der Waals surface area contributed by atoms with Gasteiger partial charge in [0.2, 0.25) is 0 Å². The van der Waals surface area contributed by atoms with Crippen molar-refractivity contribution in [3.8, 4) is 11.5 Å². The number of rotatable bonds is 4. The second-order valence-corrected chi connectivity index (χ2v) is 8.54. The number of nitrogens with zero attached hydrogens (tertiary/aromatic N) is 1. The minimum atomic E-state index is -1.01. The van der Waals surface area contributed by atoms with Crippen molar-refractivity contribution in [1.82, 2.24) is 4.90 Å². The smallest absolute Gasteiger partial charge is 0.336 e. The maximum absolute atomic E-state index is 12.6. The number of likely N-dealkylation sites (tertiary alicyclic amines) is 1. The molecule has 2 aromatic rings. The number of aliphatic carboxylic acids is 1. The molecule has 0 aliphatic carbocycles. The Labute approximate surface area is 173 Å². The Balaban J connectivity index is 1.69. The van der Waals surface area contributed by atoms with Gasteiger partial charge < -0.3 is 23.9 Å². The fourth-order valence-electron chi connectivity index (χ4n) is 4.28. The Bertz CT molecular complexity index is 1090. The van der Waals surface area contributed by atoms with Crippen LogP contribution in [0.1, 0.15) is 44.2 Å². The molecule has 1 aromatic carbocycles. The quantitative estimate of drug-likeness (QED) is 0.765. The summed E-state index contributed by atoms with van der Waals surface area (Å²) in [4.78, 5) is 37.4. The van der Waals surface area contributed by atoms with Crippen LogP contribution >= 0.6 is 0 Å². The van der Waals surface area contributed by atoms with Crippen LogP contribution in [0.2, 0.25) is 0 Å². The first-order chi connectivity index (χ1) is 14.2. The molecule has 3 heterocycles. The summed E-state index contributed by atoms with van der Waals surface area (Å²) in [6, 6.07) is 2.31. The van der Waals surface area contributed by atoms with Crippen LogP contribution in [0.3, 0.4) is 0 Å². The third-order valence-electron chi connectivity index (χ3n) is 5.81. The molecule has 4 rings (SSSR count). The summed E-state index contributed by atoms with van der Waals surface area (Å²) in [5.41, 5.74) is 1.08. The number of hydrogen-bond acceptors (Lipinski definition) is 6. The second kappa shape index (κ2) is 7.34. The number of amides is 1. The lowest BCUT2D eigenvalue weighted by atomic mass is 9.92. The van der Waals surface area contributed by atoms with Crippen molar-refractivity contribution < 1.29 is 28.6 Å². The standard InChI is InChI=1S/C22H25NO7/c1-12-9-18(25)29-20-13-6-7-22(2,3)30-15(13)10-16(19(12)20)28-11-17(24)23-8-4-5-14(23)21(26)27/h9-10,14H,4-8,11H2,1-3H3,(H,26,27)/t14-/m0/s1. The highest BCUT2D eigenvalue weighted by molar-refractivity contribution is 5.92. The van der Waals surface area contributed by atoms with Gasteiger partial charge in [-0.3, -0.25) is 4.79 Å². The normalized spacial score (nSPS) is 20.0. The molecular formula is C22H25NO7. The number of hydrogen-bond donors (Lipinski definition) is 1. The molecule has 0 spiro atoms. The Kier molecular flexibility index (Phi) is 4.95. The summed E-state index contributed by atoms with van der Waals surface area (Å²) >= 11 is 0. The van der Waals surface area contributed by atoms with Crippen LogP contribution in [0.4, 0.5) is 0 Å². The Hall–Kier alpha value is -3.03. The zero-order valence-corrected chi connectivity index (χ0v) is 17.3. The van der Waals surface area contributed by atoms with Crippen molar-refractivity contribution in [2.24, 2.45) is 0 Å². The van der Waals surface area contributed by atoms with E-state index >= 15 is 0 Å². The minimum absolute atomic E-state index is 0.306. The van der Waals surface area contributed by atoms with Crippen molar-refractivity contribution in [3.05, 3.63) is 33.7 Å². The highest BCUT2D eigenvalue weighted by Crippen LogP contribution is 2.42. The molecule has 30 heavy (non-hydrogen) atoms. The van der Waals surface area contributed by atoms with Gasteiger partial charge in [-0.15, -0.1) is 0 Å². The van der Waals surface area contributed by atoms with Crippen molar-refractivity contribution >= 4 is 22.8 Å². The fraction of sp³-hybridized carbons (Fsp3) is 0.500. The van der Waals surface area contributed by atoms with Gasteiger partial charge in [-0.1, -0.05) is 0 Å². The maximum Gasteiger partial charge on any atom is 0.336 e. The highest BCUT2D eigenvalue weighted by Gasteiger charge is 2.34. The van der Waals surface area contributed by atoms with E-state index in [-0.39, 0.29) is 18.1 Å². The largest absolute Gasteiger partial charge is 0.487 e. The number of carboxylic acid groups (broad SMARTS) is 1. The molecule has 2 aliphatic heterocycles. The van der Waals surface area contributed by atoms with Gasteiger partial charge in [0.25, 0.3) is 5.91 Å². The van der Waals surface area contributed by atoms with Gasteiger partial charge >= 0.3 is 11.6 Å². The van der Waals surface area contributed by atoms with E-state index in [2.05, 4.69) is 0 Å². The molecule has 1 saturated heterocycles. The number of carbonyl (C=O) groups excluding carboxylic acids is 1. The number of carboxylic acids is 1. The summed E-state index contributed by atoms with van der Waals surface area (Å²) in [6.45, 7) is 5.84. The first-order valence-electron chi connectivity index (χ1n) is 10.1. The monoisotopic (exact) mass is 415 g/mol. The Morgan fingerprint density at radius 1 is 1.33 bits per heavy atom. The zero-order chi connectivity index (χ0) is 21.6. The van der Waals surface area contributed by atoms with E-state index in [4.69, 9.17) is 13.9 Å². The van der Waals surface area contributed by atoms with E-state index in [0.717, 1.165) is 12.0 Å². The summed E-state index contributed by atoms with van der Waals surface area (Å²) in [5.74, 6) is -0.447. The Morgan fingerprint density at radius 3 is 2.83 bits per heavy atom. The first-order valence-corrected chi connectivity index (χ1v) is 10.1. The molecule has 0 bridgehead atoms. The predicted octanol–water partition coefficient (Wildman–Crippen LogP) is 2.66. The molecule has 1 fully saturated rings. The highest BCUT2D eigenvalue weighted by atomic mass is 16.5. The maximum atomic E-state index is 12.6. The van der Waals surface area contributed by atoms with Crippen LogP contribution in [-0.2, 0) is 16.0 Å². The summed E-state index contributed by atoms with van der Waals surface area (Å²) < 4.78 is 17.5. The lowest BCUT2D eigenvalue weighted by Crippen LogP contribution is -2.42. The van der Waals surface area contributed by atoms with Crippen LogP contribution in [-0.4, -0.2) is 46.7 Å². The molecule has 2 aliphatic rings. The van der Waals surface area contributed by atoms with Gasteiger partial charge in [-0.25, -0.2) is 9.59 Å². The van der Waals surface area contributed by atoms with Crippen LogP contribution in [0.5, 0.6) is 11.5 Å². The molecule has 8 nitrogen and oxygen atoms in total. The first kappa shape index (κ1) is 20.3. The van der Waals surface area contributed by atoms with E-state index in [1.165, 1.54) is 11.0 Å². The number of carbonyl (C=O) groups is 2. The molecule has 1 atom stereocenters. The predicted molar refractivity (Wildman–Crippen MR) is 108 cm³/mol. The molecule has 8 heteroatoms. The third-order valence-corrected chi connectivity index (χ3v) is 5.81. The van der Waals surface area contributed by atoms with Crippen LogP contribution in [0.25, 0.3) is 11.0 Å². The molecule has 1 aromatic heterocycles. The molecule has 1 amide bonds. The van der Waals surface area contributed by atoms with Crippen LogP contribution in [0, 0.1) is 6.92 Å².